The molecule has 3 nitrogen and oxygen atoms in total. The van der Waals surface area contributed by atoms with Gasteiger partial charge in [0.2, 0.25) is 5.91 Å². The summed E-state index contributed by atoms with van der Waals surface area (Å²) in [5.74, 6) is 1.75. The van der Waals surface area contributed by atoms with Crippen molar-refractivity contribution >= 4 is 5.91 Å². The molecule has 4 rings (SSSR count). The van der Waals surface area contributed by atoms with Gasteiger partial charge in [-0.25, -0.2) is 0 Å². The summed E-state index contributed by atoms with van der Waals surface area (Å²) in [6.45, 7) is 4.29. The number of hydrogen-bond donors (Lipinski definition) is 2. The zero-order valence-corrected chi connectivity index (χ0v) is 11.5. The lowest BCUT2D eigenvalue weighted by Gasteiger charge is -2.60. The van der Waals surface area contributed by atoms with Gasteiger partial charge < -0.3 is 10.4 Å². The van der Waals surface area contributed by atoms with Crippen LogP contribution in [0.2, 0.25) is 0 Å². The van der Waals surface area contributed by atoms with Crippen molar-refractivity contribution in [1.82, 2.24) is 5.32 Å². The van der Waals surface area contributed by atoms with Crippen LogP contribution in [0.1, 0.15) is 52.4 Å². The topological polar surface area (TPSA) is 49.3 Å². The molecule has 3 atom stereocenters. The summed E-state index contributed by atoms with van der Waals surface area (Å²) in [5, 5.41) is 12.1. The summed E-state index contributed by atoms with van der Waals surface area (Å²) < 4.78 is 0. The Balaban J connectivity index is 1.80. The lowest BCUT2D eigenvalue weighted by Crippen LogP contribution is -2.58. The number of aliphatic hydroxyl groups is 1. The molecular weight excluding hydrogens is 226 g/mol. The van der Waals surface area contributed by atoms with E-state index in [-0.39, 0.29) is 24.0 Å². The second kappa shape index (κ2) is 3.96. The zero-order valence-electron chi connectivity index (χ0n) is 11.5. The first-order valence-corrected chi connectivity index (χ1v) is 7.37. The van der Waals surface area contributed by atoms with Crippen molar-refractivity contribution in [1.29, 1.82) is 0 Å². The van der Waals surface area contributed by atoms with E-state index < -0.39 is 0 Å². The molecule has 0 aliphatic heterocycles. The van der Waals surface area contributed by atoms with Crippen LogP contribution in [0.5, 0.6) is 0 Å². The minimum absolute atomic E-state index is 0.0337. The fourth-order valence-corrected chi connectivity index (χ4v) is 5.41. The van der Waals surface area contributed by atoms with Crippen molar-refractivity contribution in [3.05, 3.63) is 0 Å². The molecule has 2 unspecified atom stereocenters. The number of amides is 1. The molecule has 4 aliphatic carbocycles. The Morgan fingerprint density at radius 2 is 1.94 bits per heavy atom. The van der Waals surface area contributed by atoms with E-state index in [0.29, 0.717) is 5.41 Å². The predicted molar refractivity (Wildman–Crippen MR) is 69.9 cm³/mol. The summed E-state index contributed by atoms with van der Waals surface area (Å²) in [5.41, 5.74) is 0.298. The molecule has 0 aromatic carbocycles. The highest BCUT2D eigenvalue weighted by atomic mass is 16.3. The number of rotatable bonds is 3. The number of aliphatic hydroxyl groups excluding tert-OH is 1. The number of nitrogens with one attached hydrogen (secondary N) is 1. The highest BCUT2D eigenvalue weighted by Crippen LogP contribution is 2.65. The highest BCUT2D eigenvalue weighted by Gasteiger charge is 2.58. The van der Waals surface area contributed by atoms with Gasteiger partial charge in [-0.05, 0) is 62.7 Å². The summed E-state index contributed by atoms with van der Waals surface area (Å²) >= 11 is 0. The Hall–Kier alpha value is -0.570. The largest absolute Gasteiger partial charge is 0.394 e. The van der Waals surface area contributed by atoms with Gasteiger partial charge in [0.25, 0.3) is 0 Å². The van der Waals surface area contributed by atoms with Crippen LogP contribution in [0.25, 0.3) is 0 Å². The third kappa shape index (κ3) is 1.87. The quantitative estimate of drug-likeness (QED) is 0.807. The zero-order chi connectivity index (χ0) is 13.0. The Morgan fingerprint density at radius 3 is 2.44 bits per heavy atom. The van der Waals surface area contributed by atoms with E-state index in [1.165, 1.54) is 19.3 Å². The van der Waals surface area contributed by atoms with Crippen molar-refractivity contribution in [2.24, 2.45) is 22.7 Å². The maximum atomic E-state index is 12.6. The highest BCUT2D eigenvalue weighted by molar-refractivity contribution is 5.83. The van der Waals surface area contributed by atoms with Gasteiger partial charge in [-0.3, -0.25) is 4.79 Å². The number of carbonyl (C=O) groups is 1. The Labute approximate surface area is 109 Å². The maximum Gasteiger partial charge on any atom is 0.226 e. The molecule has 4 aliphatic rings. The second-order valence-corrected chi connectivity index (χ2v) is 7.61. The average Bonchev–Trinajstić information content (AvgIpc) is 2.25. The molecule has 4 bridgehead atoms. The normalized spacial score (nSPS) is 47.1. The van der Waals surface area contributed by atoms with Crippen molar-refractivity contribution in [2.75, 3.05) is 6.61 Å². The van der Waals surface area contributed by atoms with E-state index in [2.05, 4.69) is 12.2 Å². The van der Waals surface area contributed by atoms with Gasteiger partial charge in [0, 0.05) is 6.04 Å². The van der Waals surface area contributed by atoms with Crippen LogP contribution in [0.4, 0.5) is 0 Å². The van der Waals surface area contributed by atoms with Gasteiger partial charge in [-0.2, -0.15) is 0 Å². The third-order valence-electron chi connectivity index (χ3n) is 5.49. The molecule has 1 amide bonds. The molecule has 3 heteroatoms. The van der Waals surface area contributed by atoms with E-state index in [4.69, 9.17) is 5.11 Å². The number of hydrogen-bond acceptors (Lipinski definition) is 2. The van der Waals surface area contributed by atoms with Crippen molar-refractivity contribution in [2.45, 2.75) is 58.4 Å². The van der Waals surface area contributed by atoms with Crippen molar-refractivity contribution < 1.29 is 9.90 Å². The van der Waals surface area contributed by atoms with Crippen molar-refractivity contribution in [3.63, 3.8) is 0 Å². The van der Waals surface area contributed by atoms with Crippen LogP contribution >= 0.6 is 0 Å². The minimum atomic E-state index is -0.113. The van der Waals surface area contributed by atoms with Gasteiger partial charge in [0.15, 0.2) is 0 Å². The molecule has 0 spiro atoms. The predicted octanol–water partition coefficient (Wildman–Crippen LogP) is 2.09. The Kier molecular flexibility index (Phi) is 2.74. The van der Waals surface area contributed by atoms with Gasteiger partial charge in [-0.1, -0.05) is 6.92 Å². The first kappa shape index (κ1) is 12.5. The SMILES string of the molecule is C[C@H](CO)NC(=O)C12CC3CC(CC(C)(C3)C1)C2. The van der Waals surface area contributed by atoms with E-state index in [9.17, 15) is 4.79 Å². The molecule has 0 saturated heterocycles. The first-order chi connectivity index (χ1) is 8.45. The molecule has 18 heavy (non-hydrogen) atoms. The molecule has 4 saturated carbocycles. The second-order valence-electron chi connectivity index (χ2n) is 7.61. The summed E-state index contributed by atoms with van der Waals surface area (Å²) in [6, 6.07) is -0.113. The molecule has 0 aromatic heterocycles. The fourth-order valence-electron chi connectivity index (χ4n) is 5.41. The summed E-state index contributed by atoms with van der Waals surface area (Å²) in [7, 11) is 0. The van der Waals surface area contributed by atoms with E-state index in [0.717, 1.165) is 31.1 Å². The smallest absolute Gasteiger partial charge is 0.226 e. The van der Waals surface area contributed by atoms with Crippen LogP contribution in [-0.4, -0.2) is 23.7 Å². The molecular formula is C15H25NO2. The summed E-state index contributed by atoms with van der Waals surface area (Å²) in [6.07, 6.45) is 7.24. The average molecular weight is 251 g/mol. The van der Waals surface area contributed by atoms with Crippen LogP contribution in [-0.2, 0) is 4.79 Å². The fraction of sp³-hybridized carbons (Fsp3) is 0.933. The van der Waals surface area contributed by atoms with Crippen LogP contribution in [0, 0.1) is 22.7 Å². The van der Waals surface area contributed by atoms with Crippen LogP contribution in [0.3, 0.4) is 0 Å². The monoisotopic (exact) mass is 251 g/mol. The molecule has 0 heterocycles. The van der Waals surface area contributed by atoms with Gasteiger partial charge in [0.1, 0.15) is 0 Å². The van der Waals surface area contributed by atoms with Gasteiger partial charge in [0.05, 0.1) is 12.0 Å². The number of carbonyl (C=O) groups excluding carboxylic acids is 1. The van der Waals surface area contributed by atoms with Crippen LogP contribution < -0.4 is 5.32 Å². The molecule has 0 radical (unpaired) electrons. The van der Waals surface area contributed by atoms with E-state index >= 15 is 0 Å². The van der Waals surface area contributed by atoms with Gasteiger partial charge in [-0.15, -0.1) is 0 Å². The Bertz CT molecular complexity index is 352. The van der Waals surface area contributed by atoms with E-state index in [1.807, 2.05) is 6.92 Å². The lowest BCUT2D eigenvalue weighted by atomic mass is 9.44. The standard InChI is InChI=1S/C15H25NO2/c1-10(8-17)16-13(18)15-6-11-3-12(7-15)5-14(2,4-11)9-15/h10-12,17H,3-9H2,1-2H3,(H,16,18)/t10-,11?,12?,14?,15?/m1/s1. The third-order valence-corrected chi connectivity index (χ3v) is 5.49. The van der Waals surface area contributed by atoms with E-state index in [1.54, 1.807) is 0 Å². The van der Waals surface area contributed by atoms with Crippen LogP contribution in [0.15, 0.2) is 0 Å². The molecule has 0 aromatic rings. The molecule has 102 valence electrons. The Morgan fingerprint density at radius 1 is 1.33 bits per heavy atom. The summed E-state index contributed by atoms with van der Waals surface area (Å²) in [4.78, 5) is 12.6. The first-order valence-electron chi connectivity index (χ1n) is 7.37. The molecule has 2 N–H and O–H groups in total. The molecule has 4 fully saturated rings. The van der Waals surface area contributed by atoms with Crippen molar-refractivity contribution in [3.8, 4) is 0 Å². The minimum Gasteiger partial charge on any atom is -0.394 e. The van der Waals surface area contributed by atoms with Gasteiger partial charge >= 0.3 is 0 Å². The lowest BCUT2D eigenvalue weighted by molar-refractivity contribution is -0.156. The maximum absolute atomic E-state index is 12.6.